The number of aryl methyl sites for hydroxylation is 1. The average molecular weight is 190 g/mol. The highest BCUT2D eigenvalue weighted by Crippen LogP contribution is 2.27. The minimum atomic E-state index is 0.377. The van der Waals surface area contributed by atoms with Crippen LogP contribution in [0.15, 0.2) is 30.9 Å². The van der Waals surface area contributed by atoms with E-state index in [4.69, 9.17) is 0 Å². The first-order valence-electron chi connectivity index (χ1n) is 5.09. The van der Waals surface area contributed by atoms with Gasteiger partial charge in [0.2, 0.25) is 0 Å². The number of hydrogen-bond donors (Lipinski definition) is 1. The van der Waals surface area contributed by atoms with Crippen LogP contribution in [-0.4, -0.2) is 5.11 Å². The number of hydrogen-bond acceptors (Lipinski definition) is 1. The standard InChI is InChI=1S/C13H18O/c1-4-6-11(5-2)12-7-8-13(14)10(3)9-12/h4,7-9,11,14H,1,5-6H2,2-3H3. The zero-order valence-electron chi connectivity index (χ0n) is 8.96. The Morgan fingerprint density at radius 3 is 2.71 bits per heavy atom. The van der Waals surface area contributed by atoms with Gasteiger partial charge in [-0.1, -0.05) is 25.1 Å². The largest absolute Gasteiger partial charge is 0.508 e. The second kappa shape index (κ2) is 4.85. The predicted molar refractivity (Wildman–Crippen MR) is 60.7 cm³/mol. The van der Waals surface area contributed by atoms with Crippen LogP contribution in [0.1, 0.15) is 36.8 Å². The summed E-state index contributed by atoms with van der Waals surface area (Å²) in [5, 5.41) is 9.41. The molecule has 0 fully saturated rings. The van der Waals surface area contributed by atoms with Gasteiger partial charge in [-0.05, 0) is 42.9 Å². The molecule has 0 heterocycles. The molecular weight excluding hydrogens is 172 g/mol. The number of aromatic hydroxyl groups is 1. The SMILES string of the molecule is C=CCC(CC)c1ccc(O)c(C)c1. The maximum atomic E-state index is 9.41. The quantitative estimate of drug-likeness (QED) is 0.716. The van der Waals surface area contributed by atoms with Crippen molar-refractivity contribution in [2.75, 3.05) is 0 Å². The molecule has 1 nitrogen and oxygen atoms in total. The zero-order valence-corrected chi connectivity index (χ0v) is 8.96. The summed E-state index contributed by atoms with van der Waals surface area (Å²) in [5.41, 5.74) is 2.24. The van der Waals surface area contributed by atoms with E-state index in [0.717, 1.165) is 18.4 Å². The maximum absolute atomic E-state index is 9.41. The summed E-state index contributed by atoms with van der Waals surface area (Å²) in [5.74, 6) is 0.911. The Kier molecular flexibility index (Phi) is 3.75. The molecule has 0 aliphatic rings. The third-order valence-corrected chi connectivity index (χ3v) is 2.64. The summed E-state index contributed by atoms with van der Waals surface area (Å²) in [4.78, 5) is 0. The van der Waals surface area contributed by atoms with Crippen LogP contribution in [0.5, 0.6) is 5.75 Å². The lowest BCUT2D eigenvalue weighted by atomic mass is 9.92. The molecule has 0 saturated carbocycles. The van der Waals surface area contributed by atoms with Crippen LogP contribution >= 0.6 is 0 Å². The minimum Gasteiger partial charge on any atom is -0.508 e. The van der Waals surface area contributed by atoms with Crippen molar-refractivity contribution >= 4 is 0 Å². The smallest absolute Gasteiger partial charge is 0.118 e. The first kappa shape index (κ1) is 10.8. The van der Waals surface area contributed by atoms with Crippen molar-refractivity contribution in [1.82, 2.24) is 0 Å². The van der Waals surface area contributed by atoms with Crippen molar-refractivity contribution in [3.63, 3.8) is 0 Å². The molecule has 0 amide bonds. The van der Waals surface area contributed by atoms with E-state index in [-0.39, 0.29) is 0 Å². The average Bonchev–Trinajstić information content (AvgIpc) is 2.19. The van der Waals surface area contributed by atoms with Crippen molar-refractivity contribution in [2.24, 2.45) is 0 Å². The molecule has 0 spiro atoms. The summed E-state index contributed by atoms with van der Waals surface area (Å²) < 4.78 is 0. The Bertz CT molecular complexity index is 315. The van der Waals surface area contributed by atoms with Gasteiger partial charge in [-0.3, -0.25) is 0 Å². The van der Waals surface area contributed by atoms with Crippen LogP contribution in [-0.2, 0) is 0 Å². The number of rotatable bonds is 4. The fraction of sp³-hybridized carbons (Fsp3) is 0.385. The van der Waals surface area contributed by atoms with Crippen molar-refractivity contribution in [1.29, 1.82) is 0 Å². The highest BCUT2D eigenvalue weighted by molar-refractivity contribution is 5.36. The molecule has 0 aliphatic heterocycles. The van der Waals surface area contributed by atoms with E-state index < -0.39 is 0 Å². The topological polar surface area (TPSA) is 20.2 Å². The molecule has 0 saturated heterocycles. The second-order valence-electron chi connectivity index (χ2n) is 3.68. The van der Waals surface area contributed by atoms with Gasteiger partial charge >= 0.3 is 0 Å². The highest BCUT2D eigenvalue weighted by Gasteiger charge is 2.08. The van der Waals surface area contributed by atoms with Gasteiger partial charge in [-0.2, -0.15) is 0 Å². The van der Waals surface area contributed by atoms with Gasteiger partial charge < -0.3 is 5.11 Å². The summed E-state index contributed by atoms with van der Waals surface area (Å²) >= 11 is 0. The van der Waals surface area contributed by atoms with Gasteiger partial charge in [0.25, 0.3) is 0 Å². The van der Waals surface area contributed by atoms with Crippen LogP contribution in [0.3, 0.4) is 0 Å². The van der Waals surface area contributed by atoms with Crippen LogP contribution in [0.4, 0.5) is 0 Å². The molecule has 0 aliphatic carbocycles. The zero-order chi connectivity index (χ0) is 10.6. The summed E-state index contributed by atoms with van der Waals surface area (Å²) in [6, 6.07) is 5.84. The van der Waals surface area contributed by atoms with Crippen LogP contribution in [0.2, 0.25) is 0 Å². The van der Waals surface area contributed by atoms with Gasteiger partial charge in [-0.15, -0.1) is 6.58 Å². The van der Waals surface area contributed by atoms with Crippen molar-refractivity contribution < 1.29 is 5.11 Å². The van der Waals surface area contributed by atoms with Gasteiger partial charge in [0.05, 0.1) is 0 Å². The molecule has 1 N–H and O–H groups in total. The molecule has 1 aromatic rings. The van der Waals surface area contributed by atoms with Crippen LogP contribution in [0.25, 0.3) is 0 Å². The van der Waals surface area contributed by atoms with E-state index >= 15 is 0 Å². The normalized spacial score (nSPS) is 12.4. The summed E-state index contributed by atoms with van der Waals surface area (Å²) in [7, 11) is 0. The molecule has 0 aromatic heterocycles. The highest BCUT2D eigenvalue weighted by atomic mass is 16.3. The third kappa shape index (κ3) is 2.38. The molecule has 0 radical (unpaired) electrons. The molecule has 14 heavy (non-hydrogen) atoms. The van der Waals surface area contributed by atoms with E-state index in [1.165, 1.54) is 5.56 Å². The van der Waals surface area contributed by atoms with Gasteiger partial charge in [-0.25, -0.2) is 0 Å². The Balaban J connectivity index is 2.93. The second-order valence-corrected chi connectivity index (χ2v) is 3.68. The molecule has 1 atom stereocenters. The molecule has 0 bridgehead atoms. The number of allylic oxidation sites excluding steroid dienone is 1. The number of phenols is 1. The molecule has 76 valence electrons. The lowest BCUT2D eigenvalue weighted by Crippen LogP contribution is -1.96. The fourth-order valence-corrected chi connectivity index (χ4v) is 1.67. The van der Waals surface area contributed by atoms with Crippen molar-refractivity contribution in [2.45, 2.75) is 32.6 Å². The van der Waals surface area contributed by atoms with Crippen LogP contribution < -0.4 is 0 Å². The number of phenolic OH excluding ortho intramolecular Hbond substituents is 1. The van der Waals surface area contributed by atoms with Crippen LogP contribution in [0, 0.1) is 6.92 Å². The Morgan fingerprint density at radius 2 is 2.21 bits per heavy atom. The molecule has 1 unspecified atom stereocenters. The van der Waals surface area contributed by atoms with Gasteiger partial charge in [0.15, 0.2) is 0 Å². The third-order valence-electron chi connectivity index (χ3n) is 2.64. The van der Waals surface area contributed by atoms with E-state index in [2.05, 4.69) is 19.6 Å². The fourth-order valence-electron chi connectivity index (χ4n) is 1.67. The molecular formula is C13H18O. The lowest BCUT2D eigenvalue weighted by Gasteiger charge is -2.14. The van der Waals surface area contributed by atoms with Crippen molar-refractivity contribution in [3.8, 4) is 5.75 Å². The van der Waals surface area contributed by atoms with E-state index in [9.17, 15) is 5.11 Å². The molecule has 1 rings (SSSR count). The Morgan fingerprint density at radius 1 is 1.50 bits per heavy atom. The Labute approximate surface area is 86.1 Å². The van der Waals surface area contributed by atoms with E-state index in [0.29, 0.717) is 11.7 Å². The predicted octanol–water partition coefficient (Wildman–Crippen LogP) is 3.77. The first-order chi connectivity index (χ1) is 6.69. The van der Waals surface area contributed by atoms with Crippen molar-refractivity contribution in [3.05, 3.63) is 42.0 Å². The maximum Gasteiger partial charge on any atom is 0.118 e. The van der Waals surface area contributed by atoms with Gasteiger partial charge in [0.1, 0.15) is 5.75 Å². The van der Waals surface area contributed by atoms with Gasteiger partial charge in [0, 0.05) is 0 Å². The van der Waals surface area contributed by atoms with E-state index in [1.54, 1.807) is 6.07 Å². The summed E-state index contributed by atoms with van der Waals surface area (Å²) in [6.45, 7) is 7.87. The molecule has 1 aromatic carbocycles. The molecule has 1 heteroatoms. The Hall–Kier alpha value is -1.24. The lowest BCUT2D eigenvalue weighted by molar-refractivity contribution is 0.470. The minimum absolute atomic E-state index is 0.377. The van der Waals surface area contributed by atoms with E-state index in [1.807, 2.05) is 19.1 Å². The monoisotopic (exact) mass is 190 g/mol. The number of benzene rings is 1. The summed E-state index contributed by atoms with van der Waals surface area (Å²) in [6.07, 6.45) is 4.06. The first-order valence-corrected chi connectivity index (χ1v) is 5.09.